The highest BCUT2D eigenvalue weighted by molar-refractivity contribution is 9.10. The van der Waals surface area contributed by atoms with Gasteiger partial charge in [-0.15, -0.1) is 0 Å². The van der Waals surface area contributed by atoms with Crippen molar-refractivity contribution in [1.82, 2.24) is 0 Å². The first kappa shape index (κ1) is 19.0. The van der Waals surface area contributed by atoms with E-state index in [1.807, 2.05) is 0 Å². The van der Waals surface area contributed by atoms with E-state index in [1.165, 1.54) is 31.4 Å². The van der Waals surface area contributed by atoms with Gasteiger partial charge in [-0.1, -0.05) is 0 Å². The second-order valence-electron chi connectivity index (χ2n) is 4.89. The molecule has 6 nitrogen and oxygen atoms in total. The van der Waals surface area contributed by atoms with Gasteiger partial charge in [0.1, 0.15) is 18.1 Å². The number of esters is 2. The van der Waals surface area contributed by atoms with E-state index >= 15 is 0 Å². The van der Waals surface area contributed by atoms with Crippen LogP contribution in [0.3, 0.4) is 0 Å². The average Bonchev–Trinajstić information content (AvgIpc) is 2.62. The molecule has 0 N–H and O–H groups in total. The summed E-state index contributed by atoms with van der Waals surface area (Å²) in [6.07, 6.45) is 0. The topological polar surface area (TPSA) is 71.1 Å². The van der Waals surface area contributed by atoms with E-state index in [1.54, 1.807) is 25.3 Å². The van der Waals surface area contributed by atoms with Crippen LogP contribution in [0, 0.1) is 0 Å². The van der Waals surface area contributed by atoms with Gasteiger partial charge in [0, 0.05) is 7.11 Å². The molecule has 0 radical (unpaired) electrons. The average molecular weight is 409 g/mol. The Bertz CT molecular complexity index is 742. The largest absolute Gasteiger partial charge is 0.496 e. The van der Waals surface area contributed by atoms with Crippen LogP contribution >= 0.6 is 15.9 Å². The maximum atomic E-state index is 12.2. The summed E-state index contributed by atoms with van der Waals surface area (Å²) >= 11 is 3.32. The predicted octanol–water partition coefficient (Wildman–Crippen LogP) is 3.48. The summed E-state index contributed by atoms with van der Waals surface area (Å²) < 4.78 is 20.9. The Morgan fingerprint density at radius 3 is 2.20 bits per heavy atom. The first-order valence-electron chi connectivity index (χ1n) is 7.37. The molecule has 0 aliphatic carbocycles. The molecule has 0 aliphatic heterocycles. The molecule has 0 saturated heterocycles. The molecule has 0 aliphatic rings. The first-order valence-corrected chi connectivity index (χ1v) is 8.16. The normalized spacial score (nSPS) is 10.2. The van der Waals surface area contributed by atoms with Crippen molar-refractivity contribution in [1.29, 1.82) is 0 Å². The maximum absolute atomic E-state index is 12.2. The molecule has 7 heteroatoms. The van der Waals surface area contributed by atoms with Crippen molar-refractivity contribution in [3.8, 4) is 11.5 Å². The van der Waals surface area contributed by atoms with Crippen LogP contribution in [0.4, 0.5) is 0 Å². The fraction of sp³-hybridized carbons (Fsp3) is 0.222. The molecule has 0 amide bonds. The lowest BCUT2D eigenvalue weighted by atomic mass is 10.2. The summed E-state index contributed by atoms with van der Waals surface area (Å²) in [5, 5.41) is 0. The summed E-state index contributed by atoms with van der Waals surface area (Å²) in [4.78, 5) is 23.9. The number of hydrogen-bond donors (Lipinski definition) is 0. The van der Waals surface area contributed by atoms with Crippen molar-refractivity contribution in [2.24, 2.45) is 0 Å². The van der Waals surface area contributed by atoms with E-state index in [0.29, 0.717) is 33.7 Å². The number of rotatable bonds is 7. The monoisotopic (exact) mass is 408 g/mol. The van der Waals surface area contributed by atoms with Crippen LogP contribution in [-0.2, 0) is 9.47 Å². The van der Waals surface area contributed by atoms with Gasteiger partial charge in [-0.25, -0.2) is 9.59 Å². The van der Waals surface area contributed by atoms with Gasteiger partial charge in [0.15, 0.2) is 0 Å². The molecule has 25 heavy (non-hydrogen) atoms. The van der Waals surface area contributed by atoms with Gasteiger partial charge in [-0.3, -0.25) is 0 Å². The number of carbonyl (C=O) groups is 2. The third kappa shape index (κ3) is 5.30. The Balaban J connectivity index is 1.99. The van der Waals surface area contributed by atoms with Crippen LogP contribution in [0.25, 0.3) is 0 Å². The quantitative estimate of drug-likeness (QED) is 0.396. The summed E-state index contributed by atoms with van der Waals surface area (Å²) in [7, 11) is 3.07. The minimum atomic E-state index is -0.515. The fourth-order valence-corrected chi connectivity index (χ4v) is 2.46. The zero-order valence-corrected chi connectivity index (χ0v) is 15.4. The molecule has 2 aromatic rings. The van der Waals surface area contributed by atoms with Crippen molar-refractivity contribution in [3.63, 3.8) is 0 Å². The van der Waals surface area contributed by atoms with Crippen LogP contribution in [0.5, 0.6) is 11.5 Å². The van der Waals surface area contributed by atoms with E-state index in [-0.39, 0.29) is 6.61 Å². The van der Waals surface area contributed by atoms with E-state index < -0.39 is 11.9 Å². The van der Waals surface area contributed by atoms with E-state index in [4.69, 9.17) is 18.9 Å². The highest BCUT2D eigenvalue weighted by Gasteiger charge is 2.12. The maximum Gasteiger partial charge on any atom is 0.343 e. The molecule has 0 unspecified atom stereocenters. The Morgan fingerprint density at radius 1 is 0.920 bits per heavy atom. The van der Waals surface area contributed by atoms with E-state index in [0.717, 1.165) is 0 Å². The van der Waals surface area contributed by atoms with Crippen LogP contribution in [-0.4, -0.2) is 39.4 Å². The SMILES string of the molecule is COCCOC(=O)c1ccc(OC(=O)c2ccc(OC)c(Br)c2)cc1. The number of methoxy groups -OCH3 is 2. The summed E-state index contributed by atoms with van der Waals surface area (Å²) in [5.41, 5.74) is 0.735. The Hall–Kier alpha value is -2.38. The number of halogens is 1. The predicted molar refractivity (Wildman–Crippen MR) is 94.3 cm³/mol. The third-order valence-electron chi connectivity index (χ3n) is 3.21. The zero-order valence-electron chi connectivity index (χ0n) is 13.8. The molecular weight excluding hydrogens is 392 g/mol. The first-order chi connectivity index (χ1) is 12.0. The second-order valence-corrected chi connectivity index (χ2v) is 5.75. The van der Waals surface area contributed by atoms with Gasteiger partial charge in [-0.05, 0) is 58.4 Å². The van der Waals surface area contributed by atoms with Crippen molar-refractivity contribution in [2.45, 2.75) is 0 Å². The van der Waals surface area contributed by atoms with Gasteiger partial charge in [0.05, 0.1) is 29.3 Å². The standard InChI is InChI=1S/C18H17BrO6/c1-22-9-10-24-17(20)12-3-6-14(7-4-12)25-18(21)13-5-8-16(23-2)15(19)11-13/h3-8,11H,9-10H2,1-2H3. The van der Waals surface area contributed by atoms with Gasteiger partial charge >= 0.3 is 11.9 Å². The summed E-state index contributed by atoms with van der Waals surface area (Å²) in [6.45, 7) is 0.511. The minimum Gasteiger partial charge on any atom is -0.496 e. The molecule has 0 heterocycles. The number of ether oxygens (including phenoxy) is 4. The van der Waals surface area contributed by atoms with Crippen molar-refractivity contribution >= 4 is 27.9 Å². The Labute approximate surface area is 153 Å². The highest BCUT2D eigenvalue weighted by atomic mass is 79.9. The molecular formula is C18H17BrO6. The molecule has 0 spiro atoms. The lowest BCUT2D eigenvalue weighted by molar-refractivity contribution is 0.0388. The molecule has 0 aromatic heterocycles. The lowest BCUT2D eigenvalue weighted by Crippen LogP contribution is -2.11. The van der Waals surface area contributed by atoms with Gasteiger partial charge < -0.3 is 18.9 Å². The van der Waals surface area contributed by atoms with Gasteiger partial charge in [-0.2, -0.15) is 0 Å². The van der Waals surface area contributed by atoms with E-state index in [9.17, 15) is 9.59 Å². The fourth-order valence-electron chi connectivity index (χ4n) is 1.92. The second kappa shape index (κ2) is 9.19. The molecule has 132 valence electrons. The highest BCUT2D eigenvalue weighted by Crippen LogP contribution is 2.26. The van der Waals surface area contributed by atoms with Crippen molar-refractivity contribution < 1.29 is 28.5 Å². The Kier molecular flexibility index (Phi) is 6.97. The lowest BCUT2D eigenvalue weighted by Gasteiger charge is -2.08. The smallest absolute Gasteiger partial charge is 0.343 e. The van der Waals surface area contributed by atoms with Gasteiger partial charge in [0.2, 0.25) is 0 Å². The van der Waals surface area contributed by atoms with Crippen molar-refractivity contribution in [2.75, 3.05) is 27.4 Å². The van der Waals surface area contributed by atoms with Crippen molar-refractivity contribution in [3.05, 3.63) is 58.1 Å². The summed E-state index contributed by atoms with van der Waals surface area (Å²) in [5.74, 6) is -0.0361. The zero-order chi connectivity index (χ0) is 18.2. The number of carbonyl (C=O) groups excluding carboxylic acids is 2. The van der Waals surface area contributed by atoms with E-state index in [2.05, 4.69) is 15.9 Å². The molecule has 2 aromatic carbocycles. The molecule has 0 fully saturated rings. The van der Waals surface area contributed by atoms with Crippen LogP contribution in [0.2, 0.25) is 0 Å². The number of benzene rings is 2. The van der Waals surface area contributed by atoms with Crippen LogP contribution < -0.4 is 9.47 Å². The molecule has 0 saturated carbocycles. The summed E-state index contributed by atoms with van der Waals surface area (Å²) in [6, 6.07) is 11.0. The van der Waals surface area contributed by atoms with Crippen LogP contribution in [0.15, 0.2) is 46.9 Å². The minimum absolute atomic E-state index is 0.179. The molecule has 0 atom stereocenters. The van der Waals surface area contributed by atoms with Gasteiger partial charge in [0.25, 0.3) is 0 Å². The third-order valence-corrected chi connectivity index (χ3v) is 3.83. The number of hydrogen-bond acceptors (Lipinski definition) is 6. The molecule has 0 bridgehead atoms. The Morgan fingerprint density at radius 2 is 1.60 bits per heavy atom. The molecule has 2 rings (SSSR count). The van der Waals surface area contributed by atoms with Crippen LogP contribution in [0.1, 0.15) is 20.7 Å².